The molecule has 0 fully saturated rings. The van der Waals surface area contributed by atoms with E-state index in [9.17, 15) is 0 Å². The minimum absolute atomic E-state index is 0.624. The van der Waals surface area contributed by atoms with Crippen molar-refractivity contribution >= 4 is 5.69 Å². The zero-order valence-electron chi connectivity index (χ0n) is 9.61. The average Bonchev–Trinajstić information content (AvgIpc) is 2.35. The summed E-state index contributed by atoms with van der Waals surface area (Å²) in [6.07, 6.45) is 0. The Labute approximate surface area is 95.9 Å². The second-order valence-corrected chi connectivity index (χ2v) is 3.70. The molecule has 1 aliphatic heterocycles. The molecule has 1 heterocycles. The van der Waals surface area contributed by atoms with Gasteiger partial charge >= 0.3 is 0 Å². The predicted molar refractivity (Wildman–Crippen MR) is 64.4 cm³/mol. The second kappa shape index (κ2) is 5.07. The molecule has 0 saturated heterocycles. The van der Waals surface area contributed by atoms with Gasteiger partial charge in [0.2, 0.25) is 0 Å². The molecule has 4 nitrogen and oxygen atoms in total. The highest BCUT2D eigenvalue weighted by molar-refractivity contribution is 5.56. The molecule has 2 rings (SSSR count). The van der Waals surface area contributed by atoms with E-state index in [4.69, 9.17) is 15.2 Å². The van der Waals surface area contributed by atoms with Crippen molar-refractivity contribution in [3.8, 4) is 11.5 Å². The van der Waals surface area contributed by atoms with Crippen molar-refractivity contribution in [1.29, 1.82) is 0 Å². The van der Waals surface area contributed by atoms with Gasteiger partial charge in [0.25, 0.3) is 0 Å². The molecule has 4 heteroatoms. The third-order valence-electron chi connectivity index (χ3n) is 2.67. The largest absolute Gasteiger partial charge is 0.486 e. The van der Waals surface area contributed by atoms with Gasteiger partial charge in [0.05, 0.1) is 0 Å². The molecule has 1 aromatic carbocycles. The number of hydrogen-bond donors (Lipinski definition) is 1. The zero-order valence-corrected chi connectivity index (χ0v) is 9.61. The van der Waals surface area contributed by atoms with Crippen LogP contribution >= 0.6 is 0 Å². The number of fused-ring (bicyclic) bond motifs is 1. The number of likely N-dealkylation sites (N-methyl/N-ethyl adjacent to an activating group) is 1. The molecule has 0 unspecified atom stereocenters. The maximum absolute atomic E-state index is 5.58. The lowest BCUT2D eigenvalue weighted by Crippen LogP contribution is -2.29. The number of benzene rings is 1. The summed E-state index contributed by atoms with van der Waals surface area (Å²) in [6.45, 7) is 5.83. The normalized spacial score (nSPS) is 13.6. The number of rotatable bonds is 4. The van der Waals surface area contributed by atoms with Crippen LogP contribution in [0.1, 0.15) is 6.92 Å². The van der Waals surface area contributed by atoms with E-state index in [2.05, 4.69) is 11.8 Å². The van der Waals surface area contributed by atoms with Crippen molar-refractivity contribution < 1.29 is 9.47 Å². The van der Waals surface area contributed by atoms with E-state index in [0.29, 0.717) is 19.8 Å². The first-order valence-corrected chi connectivity index (χ1v) is 5.70. The minimum atomic E-state index is 0.624. The van der Waals surface area contributed by atoms with Gasteiger partial charge in [-0.2, -0.15) is 0 Å². The van der Waals surface area contributed by atoms with Crippen molar-refractivity contribution in [2.45, 2.75) is 6.92 Å². The summed E-state index contributed by atoms with van der Waals surface area (Å²) in [5, 5.41) is 0. The van der Waals surface area contributed by atoms with Crippen LogP contribution in [-0.2, 0) is 0 Å². The Morgan fingerprint density at radius 2 is 2.00 bits per heavy atom. The fourth-order valence-corrected chi connectivity index (χ4v) is 1.85. The molecule has 88 valence electrons. The van der Waals surface area contributed by atoms with E-state index in [1.54, 1.807) is 0 Å². The van der Waals surface area contributed by atoms with E-state index in [0.717, 1.165) is 30.3 Å². The Balaban J connectivity index is 2.21. The fourth-order valence-electron chi connectivity index (χ4n) is 1.85. The van der Waals surface area contributed by atoms with Gasteiger partial charge in [-0.05, 0) is 19.1 Å². The van der Waals surface area contributed by atoms with Crippen LogP contribution in [0.5, 0.6) is 11.5 Å². The van der Waals surface area contributed by atoms with E-state index < -0.39 is 0 Å². The third-order valence-corrected chi connectivity index (χ3v) is 2.67. The smallest absolute Gasteiger partial charge is 0.163 e. The summed E-state index contributed by atoms with van der Waals surface area (Å²) < 4.78 is 11.0. The first kappa shape index (κ1) is 11.1. The lowest BCUT2D eigenvalue weighted by molar-refractivity contribution is 0.171. The van der Waals surface area contributed by atoms with Gasteiger partial charge in [-0.25, -0.2) is 0 Å². The highest BCUT2D eigenvalue weighted by Gasteiger charge is 2.13. The van der Waals surface area contributed by atoms with E-state index >= 15 is 0 Å². The Morgan fingerprint density at radius 1 is 1.25 bits per heavy atom. The van der Waals surface area contributed by atoms with Crippen molar-refractivity contribution in [2.24, 2.45) is 5.73 Å². The standard InChI is InChI=1S/C12H18N2O2/c1-2-14(6-5-13)10-3-4-11-12(9-10)16-8-7-15-11/h3-4,9H,2,5-8,13H2,1H3. The number of hydrogen-bond acceptors (Lipinski definition) is 4. The lowest BCUT2D eigenvalue weighted by atomic mass is 10.2. The molecule has 0 bridgehead atoms. The second-order valence-electron chi connectivity index (χ2n) is 3.70. The zero-order chi connectivity index (χ0) is 11.4. The number of ether oxygens (including phenoxy) is 2. The molecule has 0 amide bonds. The maximum Gasteiger partial charge on any atom is 0.163 e. The van der Waals surface area contributed by atoms with Crippen molar-refractivity contribution in [3.63, 3.8) is 0 Å². The van der Waals surface area contributed by atoms with E-state index in [-0.39, 0.29) is 0 Å². The fraction of sp³-hybridized carbons (Fsp3) is 0.500. The van der Waals surface area contributed by atoms with Crippen LogP contribution in [-0.4, -0.2) is 32.8 Å². The lowest BCUT2D eigenvalue weighted by Gasteiger charge is -2.25. The summed E-state index contributed by atoms with van der Waals surface area (Å²) in [5.41, 5.74) is 6.72. The minimum Gasteiger partial charge on any atom is -0.486 e. The van der Waals surface area contributed by atoms with E-state index in [1.807, 2.05) is 18.2 Å². The van der Waals surface area contributed by atoms with Crippen LogP contribution in [0.15, 0.2) is 18.2 Å². The predicted octanol–water partition coefficient (Wildman–Crippen LogP) is 1.24. The molecule has 0 atom stereocenters. The molecular weight excluding hydrogens is 204 g/mol. The van der Waals surface area contributed by atoms with Gasteiger partial charge < -0.3 is 20.1 Å². The molecule has 0 saturated carbocycles. The summed E-state index contributed by atoms with van der Waals surface area (Å²) in [7, 11) is 0. The molecular formula is C12H18N2O2. The monoisotopic (exact) mass is 222 g/mol. The quantitative estimate of drug-likeness (QED) is 0.832. The van der Waals surface area contributed by atoms with Crippen LogP contribution in [0.25, 0.3) is 0 Å². The van der Waals surface area contributed by atoms with Crippen LogP contribution in [0.2, 0.25) is 0 Å². The molecule has 0 radical (unpaired) electrons. The Hall–Kier alpha value is -1.42. The number of anilines is 1. The Bertz CT molecular complexity index is 355. The van der Waals surface area contributed by atoms with Gasteiger partial charge in [0.15, 0.2) is 11.5 Å². The summed E-state index contributed by atoms with van der Waals surface area (Å²) in [4.78, 5) is 2.22. The molecule has 0 aromatic heterocycles. The van der Waals surface area contributed by atoms with Gasteiger partial charge in [-0.15, -0.1) is 0 Å². The van der Waals surface area contributed by atoms with E-state index in [1.165, 1.54) is 0 Å². The topological polar surface area (TPSA) is 47.7 Å². The highest BCUT2D eigenvalue weighted by Crippen LogP contribution is 2.33. The summed E-state index contributed by atoms with van der Waals surface area (Å²) in [6, 6.07) is 6.03. The van der Waals surface area contributed by atoms with Crippen LogP contribution in [0.3, 0.4) is 0 Å². The van der Waals surface area contributed by atoms with Gasteiger partial charge in [-0.1, -0.05) is 0 Å². The molecule has 0 aliphatic carbocycles. The SMILES string of the molecule is CCN(CCN)c1ccc2c(c1)OCCO2. The molecule has 1 aromatic rings. The Morgan fingerprint density at radius 3 is 2.69 bits per heavy atom. The number of nitrogens with zero attached hydrogens (tertiary/aromatic N) is 1. The van der Waals surface area contributed by atoms with Crippen LogP contribution in [0, 0.1) is 0 Å². The molecule has 0 spiro atoms. The average molecular weight is 222 g/mol. The summed E-state index contributed by atoms with van der Waals surface area (Å²) in [5.74, 6) is 1.66. The third kappa shape index (κ3) is 2.22. The van der Waals surface area contributed by atoms with Crippen LogP contribution in [0.4, 0.5) is 5.69 Å². The van der Waals surface area contributed by atoms with Gasteiger partial charge in [-0.3, -0.25) is 0 Å². The summed E-state index contributed by atoms with van der Waals surface area (Å²) >= 11 is 0. The number of nitrogens with two attached hydrogens (primary N) is 1. The van der Waals surface area contributed by atoms with Gasteiger partial charge in [0, 0.05) is 31.4 Å². The Kier molecular flexibility index (Phi) is 3.51. The van der Waals surface area contributed by atoms with Crippen molar-refractivity contribution in [1.82, 2.24) is 0 Å². The maximum atomic E-state index is 5.58. The van der Waals surface area contributed by atoms with Crippen molar-refractivity contribution in [2.75, 3.05) is 37.7 Å². The highest BCUT2D eigenvalue weighted by atomic mass is 16.6. The molecule has 2 N–H and O–H groups in total. The molecule has 1 aliphatic rings. The van der Waals surface area contributed by atoms with Crippen LogP contribution < -0.4 is 20.1 Å². The molecule has 16 heavy (non-hydrogen) atoms. The van der Waals surface area contributed by atoms with Gasteiger partial charge in [0.1, 0.15) is 13.2 Å². The first-order valence-electron chi connectivity index (χ1n) is 5.70. The first-order chi connectivity index (χ1) is 7.85. The van der Waals surface area contributed by atoms with Crippen molar-refractivity contribution in [3.05, 3.63) is 18.2 Å².